The Morgan fingerprint density at radius 2 is 1.79 bits per heavy atom. The normalized spacial score (nSPS) is 10.6. The molecule has 0 fully saturated rings. The largest absolute Gasteiger partial charge is 0.497 e. The Kier molecular flexibility index (Phi) is 6.72. The number of methoxy groups -OCH3 is 1. The number of halogens is 2. The highest BCUT2D eigenvalue weighted by atomic mass is 35.5. The number of nitrogens with one attached hydrogen (secondary N) is 1. The summed E-state index contributed by atoms with van der Waals surface area (Å²) < 4.78 is 10.5. The quantitative estimate of drug-likeness (QED) is 0.370. The van der Waals surface area contributed by atoms with Gasteiger partial charge in [0, 0.05) is 17.1 Å². The molecule has 2 aromatic heterocycles. The fourth-order valence-electron chi connectivity index (χ4n) is 3.14. The lowest BCUT2D eigenvalue weighted by atomic mass is 10.0. The molecule has 2 aromatic carbocycles. The van der Waals surface area contributed by atoms with Gasteiger partial charge < -0.3 is 14.8 Å². The fraction of sp³-hybridized carbons (Fsp3) is 0.0833. The number of nitrogens with zero attached hydrogens (tertiary/aromatic N) is 2. The van der Waals surface area contributed by atoms with Gasteiger partial charge in [-0.05, 0) is 42.5 Å². The molecular formula is C24H17Cl2N3O4. The molecule has 0 bridgehead atoms. The van der Waals surface area contributed by atoms with E-state index >= 15 is 0 Å². The molecule has 4 rings (SSSR count). The van der Waals surface area contributed by atoms with Crippen molar-refractivity contribution in [2.45, 2.75) is 0 Å². The predicted molar refractivity (Wildman–Crippen MR) is 127 cm³/mol. The second-order valence-corrected chi connectivity index (χ2v) is 7.75. The number of hydrogen-bond acceptors (Lipinski definition) is 6. The molecule has 0 aliphatic heterocycles. The van der Waals surface area contributed by atoms with E-state index in [1.54, 1.807) is 31.4 Å². The number of benzene rings is 2. The summed E-state index contributed by atoms with van der Waals surface area (Å²) in [6.07, 6.45) is 1.35. The summed E-state index contributed by atoms with van der Waals surface area (Å²) in [5.74, 6) is -0.416. The molecule has 0 aliphatic carbocycles. The number of para-hydroxylation sites is 1. The Hall–Kier alpha value is -3.68. The molecule has 166 valence electrons. The number of rotatable bonds is 6. The number of esters is 1. The number of ether oxygens (including phenoxy) is 2. The minimum atomic E-state index is -0.659. The van der Waals surface area contributed by atoms with Gasteiger partial charge in [-0.1, -0.05) is 41.4 Å². The maximum Gasteiger partial charge on any atom is 0.339 e. The van der Waals surface area contributed by atoms with Crippen LogP contribution in [0.1, 0.15) is 10.4 Å². The highest BCUT2D eigenvalue weighted by Crippen LogP contribution is 2.27. The molecule has 0 saturated heterocycles. The summed E-state index contributed by atoms with van der Waals surface area (Å²) in [6.45, 7) is -0.520. The summed E-state index contributed by atoms with van der Waals surface area (Å²) in [4.78, 5) is 33.8. The Balaban J connectivity index is 1.56. The number of aromatic nitrogens is 2. The SMILES string of the molecule is COc1ccc(-c2cc(C(=O)OCC(=O)Nc3ncc(Cl)cc3Cl)c3ccccc3n2)cc1. The van der Waals surface area contributed by atoms with Crippen molar-refractivity contribution in [3.05, 3.63) is 82.5 Å². The predicted octanol–water partition coefficient (Wildman–Crippen LogP) is 5.41. The van der Waals surface area contributed by atoms with Gasteiger partial charge in [0.2, 0.25) is 0 Å². The molecule has 2 heterocycles. The van der Waals surface area contributed by atoms with E-state index in [9.17, 15) is 9.59 Å². The zero-order valence-electron chi connectivity index (χ0n) is 17.3. The number of amides is 1. The van der Waals surface area contributed by atoms with Crippen LogP contribution in [-0.2, 0) is 9.53 Å². The van der Waals surface area contributed by atoms with E-state index < -0.39 is 18.5 Å². The first kappa shape index (κ1) is 22.5. The third-order valence-corrected chi connectivity index (χ3v) is 5.22. The number of carbonyl (C=O) groups is 2. The van der Waals surface area contributed by atoms with Gasteiger partial charge in [0.1, 0.15) is 5.75 Å². The molecule has 33 heavy (non-hydrogen) atoms. The summed E-state index contributed by atoms with van der Waals surface area (Å²) in [6, 6.07) is 17.6. The first-order valence-electron chi connectivity index (χ1n) is 9.77. The van der Waals surface area contributed by atoms with Crippen LogP contribution >= 0.6 is 23.2 Å². The van der Waals surface area contributed by atoms with Crippen molar-refractivity contribution in [1.82, 2.24) is 9.97 Å². The van der Waals surface area contributed by atoms with E-state index in [0.717, 1.165) is 5.56 Å². The van der Waals surface area contributed by atoms with Crippen LogP contribution in [0.15, 0.2) is 66.9 Å². The molecule has 0 aliphatic rings. The van der Waals surface area contributed by atoms with Crippen molar-refractivity contribution >= 4 is 51.8 Å². The van der Waals surface area contributed by atoms with E-state index in [-0.39, 0.29) is 10.8 Å². The van der Waals surface area contributed by atoms with Crippen molar-refractivity contribution in [1.29, 1.82) is 0 Å². The Labute approximate surface area is 199 Å². The third-order valence-electron chi connectivity index (χ3n) is 4.72. The summed E-state index contributed by atoms with van der Waals surface area (Å²) >= 11 is 11.8. The number of carbonyl (C=O) groups excluding carboxylic acids is 2. The maximum atomic E-state index is 12.9. The third kappa shape index (κ3) is 5.22. The van der Waals surface area contributed by atoms with Crippen molar-refractivity contribution in [3.63, 3.8) is 0 Å². The smallest absolute Gasteiger partial charge is 0.339 e. The fourth-order valence-corrected chi connectivity index (χ4v) is 3.56. The standard InChI is InChI=1S/C24H17Cl2N3O4/c1-32-16-8-6-14(7-9-16)21-11-18(17-4-2-3-5-20(17)28-21)24(31)33-13-22(30)29-23-19(26)10-15(25)12-27-23/h2-12H,13H2,1H3,(H,27,29,30). The number of pyridine rings is 2. The lowest BCUT2D eigenvalue weighted by molar-refractivity contribution is -0.119. The van der Waals surface area contributed by atoms with Crippen LogP contribution in [0.4, 0.5) is 5.82 Å². The maximum absolute atomic E-state index is 12.9. The Bertz CT molecular complexity index is 1340. The molecule has 0 atom stereocenters. The van der Waals surface area contributed by atoms with E-state index in [0.29, 0.717) is 32.9 Å². The molecule has 0 spiro atoms. The second-order valence-electron chi connectivity index (χ2n) is 6.91. The summed E-state index contributed by atoms with van der Waals surface area (Å²) in [5, 5.41) is 3.61. The van der Waals surface area contributed by atoms with E-state index in [2.05, 4.69) is 15.3 Å². The molecule has 1 amide bonds. The van der Waals surface area contributed by atoms with Crippen LogP contribution in [0, 0.1) is 0 Å². The molecular weight excluding hydrogens is 465 g/mol. The topological polar surface area (TPSA) is 90.4 Å². The van der Waals surface area contributed by atoms with Gasteiger partial charge in [0.15, 0.2) is 12.4 Å². The van der Waals surface area contributed by atoms with Gasteiger partial charge in [-0.15, -0.1) is 0 Å². The van der Waals surface area contributed by atoms with Crippen LogP contribution in [0.2, 0.25) is 10.0 Å². The molecule has 4 aromatic rings. The number of hydrogen-bond donors (Lipinski definition) is 1. The second kappa shape index (κ2) is 9.85. The van der Waals surface area contributed by atoms with Gasteiger partial charge >= 0.3 is 5.97 Å². The molecule has 0 saturated carbocycles. The Morgan fingerprint density at radius 1 is 1.03 bits per heavy atom. The van der Waals surface area contributed by atoms with Gasteiger partial charge in [0.25, 0.3) is 5.91 Å². The first-order chi connectivity index (χ1) is 15.9. The van der Waals surface area contributed by atoms with Crippen LogP contribution in [0.5, 0.6) is 5.75 Å². The lowest BCUT2D eigenvalue weighted by Gasteiger charge is -2.11. The van der Waals surface area contributed by atoms with Crippen LogP contribution < -0.4 is 10.1 Å². The van der Waals surface area contributed by atoms with Crippen LogP contribution in [-0.4, -0.2) is 35.6 Å². The zero-order valence-corrected chi connectivity index (χ0v) is 18.9. The van der Waals surface area contributed by atoms with Gasteiger partial charge in [-0.2, -0.15) is 0 Å². The van der Waals surface area contributed by atoms with E-state index in [1.807, 2.05) is 30.3 Å². The number of fused-ring (bicyclic) bond motifs is 1. The first-order valence-corrected chi connectivity index (χ1v) is 10.5. The Morgan fingerprint density at radius 3 is 2.52 bits per heavy atom. The zero-order chi connectivity index (χ0) is 23.4. The summed E-state index contributed by atoms with van der Waals surface area (Å²) in [5.41, 5.74) is 2.31. The minimum absolute atomic E-state index is 0.123. The van der Waals surface area contributed by atoms with Gasteiger partial charge in [-0.3, -0.25) is 4.79 Å². The van der Waals surface area contributed by atoms with Gasteiger partial charge in [-0.25, -0.2) is 14.8 Å². The molecule has 0 unspecified atom stereocenters. The summed E-state index contributed by atoms with van der Waals surface area (Å²) in [7, 11) is 1.59. The average Bonchev–Trinajstić information content (AvgIpc) is 2.83. The van der Waals surface area contributed by atoms with Gasteiger partial charge in [0.05, 0.1) is 33.9 Å². The van der Waals surface area contributed by atoms with E-state index in [4.69, 9.17) is 32.7 Å². The molecule has 1 N–H and O–H groups in total. The van der Waals surface area contributed by atoms with E-state index in [1.165, 1.54) is 12.3 Å². The van der Waals surface area contributed by atoms with Crippen molar-refractivity contribution < 1.29 is 19.1 Å². The molecule has 9 heteroatoms. The number of anilines is 1. The monoisotopic (exact) mass is 481 g/mol. The highest BCUT2D eigenvalue weighted by Gasteiger charge is 2.17. The lowest BCUT2D eigenvalue weighted by Crippen LogP contribution is -2.21. The molecule has 7 nitrogen and oxygen atoms in total. The van der Waals surface area contributed by atoms with Crippen molar-refractivity contribution in [2.24, 2.45) is 0 Å². The average molecular weight is 482 g/mol. The van der Waals surface area contributed by atoms with Crippen LogP contribution in [0.3, 0.4) is 0 Å². The molecule has 0 radical (unpaired) electrons. The highest BCUT2D eigenvalue weighted by molar-refractivity contribution is 6.36. The van der Waals surface area contributed by atoms with Crippen molar-refractivity contribution in [3.8, 4) is 17.0 Å². The van der Waals surface area contributed by atoms with Crippen molar-refractivity contribution in [2.75, 3.05) is 19.0 Å². The van der Waals surface area contributed by atoms with Crippen LogP contribution in [0.25, 0.3) is 22.2 Å². The minimum Gasteiger partial charge on any atom is -0.497 e.